The minimum Gasteiger partial charge on any atom is -0.508 e. The summed E-state index contributed by atoms with van der Waals surface area (Å²) in [6.45, 7) is 3.32. The normalized spacial score (nSPS) is 16.4. The number of aliphatic carboxylic acids is 1. The van der Waals surface area contributed by atoms with Crippen LogP contribution >= 0.6 is 0 Å². The number of benzene rings is 2. The SMILES string of the molecule is COc1cc(F)c(CC(C)(C)NCC(O)c2cc(O)cc3c2OC(C(=O)O)C(=O)N3)cc1F. The number of carboxylic acids is 1. The van der Waals surface area contributed by atoms with Crippen molar-refractivity contribution in [2.24, 2.45) is 0 Å². The van der Waals surface area contributed by atoms with E-state index >= 15 is 0 Å². The number of fused-ring (bicyclic) bond motifs is 1. The zero-order valence-corrected chi connectivity index (χ0v) is 18.1. The molecule has 0 aromatic heterocycles. The van der Waals surface area contributed by atoms with E-state index in [1.807, 2.05) is 0 Å². The molecule has 0 fully saturated rings. The highest BCUT2D eigenvalue weighted by atomic mass is 19.1. The molecular formula is C22H24F2N2O7. The average Bonchev–Trinajstić information content (AvgIpc) is 2.72. The number of carbonyl (C=O) groups is 2. The van der Waals surface area contributed by atoms with E-state index in [4.69, 9.17) is 14.6 Å². The van der Waals surface area contributed by atoms with Crippen LogP contribution in [-0.4, -0.2) is 52.5 Å². The zero-order valence-electron chi connectivity index (χ0n) is 18.1. The smallest absolute Gasteiger partial charge is 0.354 e. The molecule has 11 heteroatoms. The predicted molar refractivity (Wildman–Crippen MR) is 112 cm³/mol. The Labute approximate surface area is 187 Å². The zero-order chi connectivity index (χ0) is 24.5. The summed E-state index contributed by atoms with van der Waals surface area (Å²) in [5, 5.41) is 35.2. The number of phenolic OH excluding ortho intramolecular Hbond substituents is 1. The molecule has 1 aliphatic heterocycles. The van der Waals surface area contributed by atoms with Crippen LogP contribution in [0.2, 0.25) is 0 Å². The van der Waals surface area contributed by atoms with Crippen molar-refractivity contribution in [2.75, 3.05) is 19.0 Å². The van der Waals surface area contributed by atoms with Crippen molar-refractivity contribution >= 4 is 17.6 Å². The van der Waals surface area contributed by atoms with Crippen molar-refractivity contribution in [3.8, 4) is 17.2 Å². The fraction of sp³-hybridized carbons (Fsp3) is 0.364. The monoisotopic (exact) mass is 466 g/mol. The molecule has 0 spiro atoms. The second-order valence-corrected chi connectivity index (χ2v) is 8.27. The Morgan fingerprint density at radius 3 is 2.61 bits per heavy atom. The largest absolute Gasteiger partial charge is 0.508 e. The standard InChI is InChI=1S/C22H24F2N2O7/c1-22(2,8-10-4-14(24)17(32-3)7-13(10)23)25-9-16(28)12-5-11(27)6-15-18(12)33-19(21(30)31)20(29)26-15/h4-7,16,19,25,27-28H,8-9H2,1-3H3,(H,26,29)(H,30,31). The van der Waals surface area contributed by atoms with Crippen LogP contribution in [0.4, 0.5) is 14.5 Å². The number of halogens is 2. The molecule has 2 aromatic rings. The molecule has 1 heterocycles. The molecule has 0 saturated carbocycles. The van der Waals surface area contributed by atoms with Crippen molar-refractivity contribution in [3.63, 3.8) is 0 Å². The number of carboxylic acid groups (broad SMARTS) is 1. The number of phenols is 1. The molecule has 5 N–H and O–H groups in total. The maximum atomic E-state index is 14.3. The minimum absolute atomic E-state index is 0.0154. The second-order valence-electron chi connectivity index (χ2n) is 8.27. The summed E-state index contributed by atoms with van der Waals surface area (Å²) in [4.78, 5) is 23.1. The van der Waals surface area contributed by atoms with Crippen molar-refractivity contribution < 1.29 is 43.2 Å². The number of anilines is 1. The third-order valence-electron chi connectivity index (χ3n) is 5.14. The molecule has 0 radical (unpaired) electrons. The van der Waals surface area contributed by atoms with Crippen LogP contribution in [-0.2, 0) is 16.0 Å². The van der Waals surface area contributed by atoms with E-state index in [9.17, 15) is 28.6 Å². The van der Waals surface area contributed by atoms with Crippen LogP contribution in [0, 0.1) is 11.6 Å². The Morgan fingerprint density at radius 2 is 1.97 bits per heavy atom. The first-order valence-electron chi connectivity index (χ1n) is 9.94. The van der Waals surface area contributed by atoms with Gasteiger partial charge in [-0.2, -0.15) is 0 Å². The van der Waals surface area contributed by atoms with Crippen LogP contribution < -0.4 is 20.1 Å². The summed E-state index contributed by atoms with van der Waals surface area (Å²) in [5.41, 5.74) is -0.647. The lowest BCUT2D eigenvalue weighted by Gasteiger charge is -2.30. The van der Waals surface area contributed by atoms with Crippen LogP contribution in [0.3, 0.4) is 0 Å². The number of amides is 1. The fourth-order valence-electron chi connectivity index (χ4n) is 3.52. The number of methoxy groups -OCH3 is 1. The molecule has 2 atom stereocenters. The molecule has 0 saturated heterocycles. The highest BCUT2D eigenvalue weighted by Gasteiger charge is 2.36. The highest BCUT2D eigenvalue weighted by Crippen LogP contribution is 2.40. The molecule has 1 aliphatic rings. The van der Waals surface area contributed by atoms with Gasteiger partial charge in [0, 0.05) is 29.8 Å². The summed E-state index contributed by atoms with van der Waals surface area (Å²) in [6, 6.07) is 4.36. The van der Waals surface area contributed by atoms with E-state index in [2.05, 4.69) is 10.6 Å². The lowest BCUT2D eigenvalue weighted by molar-refractivity contribution is -0.149. The summed E-state index contributed by atoms with van der Waals surface area (Å²) in [7, 11) is 1.23. The van der Waals surface area contributed by atoms with Crippen molar-refractivity contribution in [3.05, 3.63) is 47.0 Å². The Balaban J connectivity index is 1.77. The summed E-state index contributed by atoms with van der Waals surface area (Å²) in [6.07, 6.45) is -3.05. The van der Waals surface area contributed by atoms with E-state index in [-0.39, 0.29) is 47.0 Å². The summed E-state index contributed by atoms with van der Waals surface area (Å²) in [5.74, 6) is -4.37. The second kappa shape index (κ2) is 9.20. The first-order chi connectivity index (χ1) is 15.4. The van der Waals surface area contributed by atoms with E-state index in [0.29, 0.717) is 0 Å². The molecule has 1 amide bonds. The van der Waals surface area contributed by atoms with Gasteiger partial charge in [-0.15, -0.1) is 0 Å². The Morgan fingerprint density at radius 1 is 1.27 bits per heavy atom. The molecule has 2 aromatic carbocycles. The quantitative estimate of drug-likeness (QED) is 0.373. The summed E-state index contributed by atoms with van der Waals surface area (Å²) >= 11 is 0. The third kappa shape index (κ3) is 5.32. The molecule has 3 rings (SSSR count). The molecule has 178 valence electrons. The lowest BCUT2D eigenvalue weighted by atomic mass is 9.93. The van der Waals surface area contributed by atoms with Gasteiger partial charge in [-0.3, -0.25) is 4.79 Å². The molecule has 33 heavy (non-hydrogen) atoms. The number of aliphatic hydroxyl groups excluding tert-OH is 1. The number of aliphatic hydroxyl groups is 1. The molecule has 0 bridgehead atoms. The van der Waals surface area contributed by atoms with Gasteiger partial charge in [-0.1, -0.05) is 0 Å². The number of ether oxygens (including phenoxy) is 2. The van der Waals surface area contributed by atoms with Crippen LogP contribution in [0.1, 0.15) is 31.1 Å². The van der Waals surface area contributed by atoms with E-state index < -0.39 is 41.3 Å². The molecule has 2 unspecified atom stereocenters. The summed E-state index contributed by atoms with van der Waals surface area (Å²) < 4.78 is 38.4. The number of rotatable bonds is 8. The van der Waals surface area contributed by atoms with Crippen LogP contribution in [0.25, 0.3) is 0 Å². The van der Waals surface area contributed by atoms with Gasteiger partial charge in [0.15, 0.2) is 17.3 Å². The van der Waals surface area contributed by atoms with Gasteiger partial charge in [-0.25, -0.2) is 13.6 Å². The number of aromatic hydroxyl groups is 1. The topological polar surface area (TPSA) is 137 Å². The van der Waals surface area contributed by atoms with Gasteiger partial charge in [-0.05, 0) is 38.0 Å². The maximum Gasteiger partial charge on any atom is 0.354 e. The number of β-amino-alcohol motifs (C(OH)–C–C–N with tert-alkyl or cyclic N) is 1. The van der Waals surface area contributed by atoms with E-state index in [0.717, 1.165) is 12.1 Å². The highest BCUT2D eigenvalue weighted by molar-refractivity contribution is 6.09. The van der Waals surface area contributed by atoms with Gasteiger partial charge < -0.3 is 35.4 Å². The van der Waals surface area contributed by atoms with Gasteiger partial charge in [0.1, 0.15) is 11.6 Å². The predicted octanol–water partition coefficient (Wildman–Crippen LogP) is 2.11. The maximum absolute atomic E-state index is 14.3. The number of nitrogens with one attached hydrogen (secondary N) is 2. The number of hydrogen-bond acceptors (Lipinski definition) is 7. The number of hydrogen-bond donors (Lipinski definition) is 5. The van der Waals surface area contributed by atoms with Gasteiger partial charge in [0.05, 0.1) is 18.9 Å². The van der Waals surface area contributed by atoms with Gasteiger partial charge in [0.2, 0.25) is 0 Å². The van der Waals surface area contributed by atoms with Crippen molar-refractivity contribution in [1.29, 1.82) is 0 Å². The Bertz CT molecular complexity index is 1090. The van der Waals surface area contributed by atoms with Crippen LogP contribution in [0.15, 0.2) is 24.3 Å². The van der Waals surface area contributed by atoms with Crippen LogP contribution in [0.5, 0.6) is 17.2 Å². The first kappa shape index (κ1) is 24.2. The molecule has 9 nitrogen and oxygen atoms in total. The molecule has 0 aliphatic carbocycles. The lowest BCUT2D eigenvalue weighted by Crippen LogP contribution is -2.44. The van der Waals surface area contributed by atoms with Crippen molar-refractivity contribution in [1.82, 2.24) is 5.32 Å². The minimum atomic E-state index is -1.81. The first-order valence-corrected chi connectivity index (χ1v) is 9.94. The van der Waals surface area contributed by atoms with Gasteiger partial charge in [0.25, 0.3) is 12.0 Å². The van der Waals surface area contributed by atoms with E-state index in [1.54, 1.807) is 13.8 Å². The fourth-order valence-corrected chi connectivity index (χ4v) is 3.52. The van der Waals surface area contributed by atoms with Crippen molar-refractivity contribution in [2.45, 2.75) is 38.0 Å². The average molecular weight is 466 g/mol. The third-order valence-corrected chi connectivity index (χ3v) is 5.14. The van der Waals surface area contributed by atoms with Gasteiger partial charge >= 0.3 is 5.97 Å². The van der Waals surface area contributed by atoms with E-state index in [1.165, 1.54) is 19.2 Å². The molecular weight excluding hydrogens is 442 g/mol. The Hall–Kier alpha value is -3.44. The Kier molecular flexibility index (Phi) is 6.75. The number of carbonyl (C=O) groups excluding carboxylic acids is 1.